The van der Waals surface area contributed by atoms with E-state index in [1.807, 2.05) is 24.3 Å². The van der Waals surface area contributed by atoms with Crippen molar-refractivity contribution in [2.24, 2.45) is 0 Å². The minimum absolute atomic E-state index is 0.208. The van der Waals surface area contributed by atoms with Gasteiger partial charge >= 0.3 is 0 Å². The molecule has 0 bridgehead atoms. The lowest BCUT2D eigenvalue weighted by Crippen LogP contribution is -2.23. The number of benzene rings is 2. The Balaban J connectivity index is 2.21. The van der Waals surface area contributed by atoms with Crippen molar-refractivity contribution in [3.05, 3.63) is 63.6 Å². The van der Waals surface area contributed by atoms with Gasteiger partial charge in [0.15, 0.2) is 0 Å². The summed E-state index contributed by atoms with van der Waals surface area (Å²) in [5, 5.41) is 4.86. The summed E-state index contributed by atoms with van der Waals surface area (Å²) in [5.74, 6) is 0.860. The number of rotatable bonds is 6. The van der Waals surface area contributed by atoms with Gasteiger partial charge in [0.2, 0.25) is 0 Å². The van der Waals surface area contributed by atoms with Gasteiger partial charge in [0, 0.05) is 16.1 Å². The highest BCUT2D eigenvalue weighted by Gasteiger charge is 2.13. The fourth-order valence-corrected chi connectivity index (χ4v) is 2.78. The maximum atomic E-state index is 6.28. The molecule has 4 heteroatoms. The van der Waals surface area contributed by atoms with Gasteiger partial charge in [-0.15, -0.1) is 0 Å². The molecule has 2 aromatic rings. The van der Waals surface area contributed by atoms with Crippen molar-refractivity contribution >= 4 is 23.2 Å². The van der Waals surface area contributed by atoms with E-state index in [9.17, 15) is 0 Å². The maximum Gasteiger partial charge on any atom is 0.118 e. The molecule has 112 valence electrons. The highest BCUT2D eigenvalue weighted by molar-refractivity contribution is 6.35. The van der Waals surface area contributed by atoms with Gasteiger partial charge in [-0.3, -0.25) is 0 Å². The van der Waals surface area contributed by atoms with Crippen molar-refractivity contribution in [3.63, 3.8) is 0 Å². The van der Waals surface area contributed by atoms with Gasteiger partial charge < -0.3 is 10.1 Å². The molecule has 0 heterocycles. The normalized spacial score (nSPS) is 12.2. The highest BCUT2D eigenvalue weighted by Crippen LogP contribution is 2.27. The average Bonchev–Trinajstić information content (AvgIpc) is 2.49. The first-order valence-electron chi connectivity index (χ1n) is 6.95. The summed E-state index contributed by atoms with van der Waals surface area (Å²) in [5.41, 5.74) is 2.30. The van der Waals surface area contributed by atoms with E-state index in [2.05, 4.69) is 24.4 Å². The van der Waals surface area contributed by atoms with Crippen LogP contribution in [0.3, 0.4) is 0 Å². The van der Waals surface area contributed by atoms with Gasteiger partial charge in [-0.05, 0) is 48.4 Å². The second kappa shape index (κ2) is 7.69. The first kappa shape index (κ1) is 16.2. The third-order valence-corrected chi connectivity index (χ3v) is 3.99. The summed E-state index contributed by atoms with van der Waals surface area (Å²) in [4.78, 5) is 0. The number of ether oxygens (including phenoxy) is 1. The monoisotopic (exact) mass is 323 g/mol. The first-order chi connectivity index (χ1) is 10.1. The zero-order chi connectivity index (χ0) is 15.2. The SMILES string of the molecule is CCNC(Cc1ccc(Cl)cc1Cl)c1ccc(OC)cc1. The molecule has 0 aliphatic heterocycles. The van der Waals surface area contributed by atoms with Crippen molar-refractivity contribution in [2.45, 2.75) is 19.4 Å². The Hall–Kier alpha value is -1.22. The van der Waals surface area contributed by atoms with Gasteiger partial charge in [-0.2, -0.15) is 0 Å². The summed E-state index contributed by atoms with van der Waals surface area (Å²) in [6.07, 6.45) is 0.816. The summed E-state index contributed by atoms with van der Waals surface area (Å²) >= 11 is 12.2. The number of hydrogen-bond acceptors (Lipinski definition) is 2. The third-order valence-electron chi connectivity index (χ3n) is 3.41. The van der Waals surface area contributed by atoms with Gasteiger partial charge in [0.1, 0.15) is 5.75 Å². The molecule has 1 atom stereocenters. The Morgan fingerprint density at radius 1 is 1.10 bits per heavy atom. The molecule has 2 aromatic carbocycles. The molecule has 0 amide bonds. The Morgan fingerprint density at radius 2 is 1.81 bits per heavy atom. The molecule has 2 rings (SSSR count). The van der Waals surface area contributed by atoms with Crippen molar-refractivity contribution in [2.75, 3.05) is 13.7 Å². The lowest BCUT2D eigenvalue weighted by Gasteiger charge is -2.19. The number of halogens is 2. The third kappa shape index (κ3) is 4.37. The van der Waals surface area contributed by atoms with E-state index in [0.29, 0.717) is 10.0 Å². The molecule has 21 heavy (non-hydrogen) atoms. The molecule has 0 aromatic heterocycles. The van der Waals surface area contributed by atoms with Crippen molar-refractivity contribution in [3.8, 4) is 5.75 Å². The lowest BCUT2D eigenvalue weighted by atomic mass is 9.98. The van der Waals surface area contributed by atoms with E-state index in [1.54, 1.807) is 13.2 Å². The van der Waals surface area contributed by atoms with Crippen LogP contribution < -0.4 is 10.1 Å². The smallest absolute Gasteiger partial charge is 0.118 e. The summed E-state index contributed by atoms with van der Waals surface area (Å²) < 4.78 is 5.20. The molecule has 0 radical (unpaired) electrons. The molecule has 2 nitrogen and oxygen atoms in total. The second-order valence-corrected chi connectivity index (χ2v) is 5.67. The zero-order valence-corrected chi connectivity index (χ0v) is 13.7. The standard InChI is InChI=1S/C17H19Cl2NO/c1-3-20-17(12-5-8-15(21-2)9-6-12)10-13-4-7-14(18)11-16(13)19/h4-9,11,17,20H,3,10H2,1-2H3. The fraction of sp³-hybridized carbons (Fsp3) is 0.294. The molecule has 0 saturated carbocycles. The fourth-order valence-electron chi connectivity index (χ4n) is 2.30. The van der Waals surface area contributed by atoms with E-state index < -0.39 is 0 Å². The Kier molecular flexibility index (Phi) is 5.92. The van der Waals surface area contributed by atoms with Crippen LogP contribution in [0.15, 0.2) is 42.5 Å². The van der Waals surface area contributed by atoms with E-state index in [4.69, 9.17) is 27.9 Å². The quantitative estimate of drug-likeness (QED) is 0.816. The molecule has 0 fully saturated rings. The number of methoxy groups -OCH3 is 1. The number of nitrogens with one attached hydrogen (secondary N) is 1. The Bertz CT molecular complexity index is 584. The predicted octanol–water partition coefficient (Wildman–Crippen LogP) is 4.90. The zero-order valence-electron chi connectivity index (χ0n) is 12.2. The van der Waals surface area contributed by atoms with Gasteiger partial charge in [0.25, 0.3) is 0 Å². The number of hydrogen-bond donors (Lipinski definition) is 1. The van der Waals surface area contributed by atoms with Crippen molar-refractivity contribution in [1.29, 1.82) is 0 Å². The van der Waals surface area contributed by atoms with E-state index in [1.165, 1.54) is 5.56 Å². The van der Waals surface area contributed by atoms with Gasteiger partial charge in [0.05, 0.1) is 7.11 Å². The van der Waals surface area contributed by atoms with Crippen LogP contribution in [0.25, 0.3) is 0 Å². The van der Waals surface area contributed by atoms with Crippen LogP contribution in [-0.2, 0) is 6.42 Å². The predicted molar refractivity (Wildman–Crippen MR) is 89.6 cm³/mol. The second-order valence-electron chi connectivity index (χ2n) is 4.82. The molecule has 1 N–H and O–H groups in total. The Morgan fingerprint density at radius 3 is 2.38 bits per heavy atom. The molecular formula is C17H19Cl2NO. The van der Waals surface area contributed by atoms with Gasteiger partial charge in [-0.25, -0.2) is 0 Å². The van der Waals surface area contributed by atoms with Crippen LogP contribution in [0, 0.1) is 0 Å². The molecule has 0 aliphatic rings. The summed E-state index contributed by atoms with van der Waals surface area (Å²) in [6.45, 7) is 2.99. The van der Waals surface area contributed by atoms with Crippen LogP contribution >= 0.6 is 23.2 Å². The largest absolute Gasteiger partial charge is 0.497 e. The number of likely N-dealkylation sites (N-methyl/N-ethyl adjacent to an activating group) is 1. The molecule has 1 unspecified atom stereocenters. The summed E-state index contributed by atoms with van der Waals surface area (Å²) in [7, 11) is 1.67. The Labute approximate surface area is 136 Å². The topological polar surface area (TPSA) is 21.3 Å². The minimum Gasteiger partial charge on any atom is -0.497 e. The maximum absolute atomic E-state index is 6.28. The van der Waals surface area contributed by atoms with Gasteiger partial charge in [-0.1, -0.05) is 48.3 Å². The average molecular weight is 324 g/mol. The van der Waals surface area contributed by atoms with Crippen molar-refractivity contribution in [1.82, 2.24) is 5.32 Å². The molecular weight excluding hydrogens is 305 g/mol. The molecule has 0 saturated heterocycles. The van der Waals surface area contributed by atoms with E-state index in [-0.39, 0.29) is 6.04 Å². The van der Waals surface area contributed by atoms with Crippen LogP contribution in [0.2, 0.25) is 10.0 Å². The lowest BCUT2D eigenvalue weighted by molar-refractivity contribution is 0.414. The van der Waals surface area contributed by atoms with Crippen LogP contribution in [0.4, 0.5) is 0 Å². The summed E-state index contributed by atoms with van der Waals surface area (Å²) in [6, 6.07) is 14.0. The van der Waals surface area contributed by atoms with E-state index in [0.717, 1.165) is 24.3 Å². The highest BCUT2D eigenvalue weighted by atomic mass is 35.5. The van der Waals surface area contributed by atoms with Crippen LogP contribution in [-0.4, -0.2) is 13.7 Å². The first-order valence-corrected chi connectivity index (χ1v) is 7.71. The van der Waals surface area contributed by atoms with E-state index >= 15 is 0 Å². The van der Waals surface area contributed by atoms with Crippen molar-refractivity contribution < 1.29 is 4.74 Å². The van der Waals surface area contributed by atoms with Crippen LogP contribution in [0.5, 0.6) is 5.75 Å². The minimum atomic E-state index is 0.208. The molecule has 0 aliphatic carbocycles. The van der Waals surface area contributed by atoms with Crippen LogP contribution in [0.1, 0.15) is 24.1 Å². The molecule has 0 spiro atoms.